The van der Waals surface area contributed by atoms with Gasteiger partial charge >= 0.3 is 0 Å². The molecular formula is C34H31FN6O2S2. The first kappa shape index (κ1) is 30.4. The highest BCUT2D eigenvalue weighted by Gasteiger charge is 2.33. The Morgan fingerprint density at radius 1 is 0.978 bits per heavy atom. The molecule has 45 heavy (non-hydrogen) atoms. The molecule has 6 rings (SSSR count). The lowest BCUT2D eigenvalue weighted by Gasteiger charge is -2.22. The van der Waals surface area contributed by atoms with Gasteiger partial charge in [-0.15, -0.1) is 21.5 Å². The number of carbonyl (C=O) groups is 2. The van der Waals surface area contributed by atoms with Crippen molar-refractivity contribution in [3.05, 3.63) is 135 Å². The zero-order valence-corrected chi connectivity index (χ0v) is 26.2. The maximum Gasteiger partial charge on any atom is 0.254 e. The monoisotopic (exact) mass is 638 g/mol. The molecule has 3 aromatic carbocycles. The van der Waals surface area contributed by atoms with Crippen LogP contribution in [0.3, 0.4) is 0 Å². The zero-order valence-electron chi connectivity index (χ0n) is 24.6. The Bertz CT molecular complexity index is 1810. The smallest absolute Gasteiger partial charge is 0.254 e. The lowest BCUT2D eigenvalue weighted by atomic mass is 10.00. The summed E-state index contributed by atoms with van der Waals surface area (Å²) >= 11 is 2.90. The summed E-state index contributed by atoms with van der Waals surface area (Å²) in [7, 11) is 0. The molecule has 2 amide bonds. The molecular weight excluding hydrogens is 608 g/mol. The third-order valence-electron chi connectivity index (χ3n) is 7.54. The van der Waals surface area contributed by atoms with Crippen molar-refractivity contribution in [3.63, 3.8) is 0 Å². The van der Waals surface area contributed by atoms with Crippen LogP contribution >= 0.6 is 23.1 Å². The molecule has 8 nitrogen and oxygen atoms in total. The van der Waals surface area contributed by atoms with E-state index in [0.717, 1.165) is 27.3 Å². The first-order valence-corrected chi connectivity index (χ1v) is 16.4. The largest absolute Gasteiger partial charge is 0.345 e. The fraction of sp³-hybridized carbons (Fsp3) is 0.206. The van der Waals surface area contributed by atoms with Crippen LogP contribution in [0.5, 0.6) is 0 Å². The number of halogens is 1. The zero-order chi connectivity index (χ0) is 31.2. The van der Waals surface area contributed by atoms with Gasteiger partial charge in [-0.3, -0.25) is 9.59 Å². The van der Waals surface area contributed by atoms with E-state index in [1.54, 1.807) is 22.4 Å². The van der Waals surface area contributed by atoms with Crippen molar-refractivity contribution >= 4 is 40.6 Å². The van der Waals surface area contributed by atoms with Gasteiger partial charge in [-0.1, -0.05) is 90.1 Å². The minimum absolute atomic E-state index is 0.0377. The lowest BCUT2D eigenvalue weighted by molar-refractivity contribution is -0.130. The quantitative estimate of drug-likeness (QED) is 0.168. The molecule has 0 bridgehead atoms. The van der Waals surface area contributed by atoms with Crippen LogP contribution in [-0.2, 0) is 24.3 Å². The molecule has 11 heteroatoms. The number of hydrogen-bond donors (Lipinski definition) is 1. The molecule has 0 fully saturated rings. The van der Waals surface area contributed by atoms with Crippen molar-refractivity contribution in [2.24, 2.45) is 5.10 Å². The number of thioether (sulfide) groups is 1. The number of thiophene rings is 1. The van der Waals surface area contributed by atoms with Crippen molar-refractivity contribution < 1.29 is 14.0 Å². The minimum atomic E-state index is -0.592. The fourth-order valence-corrected chi connectivity index (χ4v) is 6.70. The Hall–Kier alpha value is -4.61. The van der Waals surface area contributed by atoms with Crippen LogP contribution in [0.2, 0.25) is 0 Å². The van der Waals surface area contributed by atoms with E-state index in [2.05, 4.69) is 39.8 Å². The summed E-state index contributed by atoms with van der Waals surface area (Å²) in [5, 5.41) is 20.4. The van der Waals surface area contributed by atoms with Crippen LogP contribution in [-0.4, -0.2) is 43.1 Å². The van der Waals surface area contributed by atoms with Crippen LogP contribution in [0, 0.1) is 12.7 Å². The Labute approximate surface area is 269 Å². The number of hydrogen-bond acceptors (Lipinski definition) is 7. The summed E-state index contributed by atoms with van der Waals surface area (Å²) in [4.78, 5) is 27.5. The van der Waals surface area contributed by atoms with Crippen molar-refractivity contribution in [1.82, 2.24) is 25.1 Å². The first-order chi connectivity index (χ1) is 22.0. The Morgan fingerprint density at radius 3 is 2.51 bits per heavy atom. The summed E-state index contributed by atoms with van der Waals surface area (Å²) in [5.74, 6) is -0.641. The Kier molecular flexibility index (Phi) is 9.46. The van der Waals surface area contributed by atoms with Crippen LogP contribution in [0.4, 0.5) is 4.39 Å². The van der Waals surface area contributed by atoms with Crippen LogP contribution < -0.4 is 5.32 Å². The van der Waals surface area contributed by atoms with E-state index in [0.29, 0.717) is 30.4 Å². The number of aryl methyl sites for hydroxylation is 2. The first-order valence-electron chi connectivity index (χ1n) is 14.6. The predicted molar refractivity (Wildman–Crippen MR) is 175 cm³/mol. The maximum absolute atomic E-state index is 14.2. The molecule has 2 aromatic heterocycles. The number of hydrazone groups is 1. The van der Waals surface area contributed by atoms with Crippen molar-refractivity contribution in [1.29, 1.82) is 0 Å². The van der Waals surface area contributed by atoms with Gasteiger partial charge in [0.15, 0.2) is 11.0 Å². The van der Waals surface area contributed by atoms with Gasteiger partial charge in [0.25, 0.3) is 11.8 Å². The van der Waals surface area contributed by atoms with Gasteiger partial charge in [0.2, 0.25) is 0 Å². The van der Waals surface area contributed by atoms with E-state index in [4.69, 9.17) is 5.10 Å². The minimum Gasteiger partial charge on any atom is -0.345 e. The number of nitrogens with zero attached hydrogens (tertiary/aromatic N) is 5. The Balaban J connectivity index is 1.20. The lowest BCUT2D eigenvalue weighted by Crippen LogP contribution is -2.29. The van der Waals surface area contributed by atoms with Gasteiger partial charge in [0.05, 0.1) is 34.5 Å². The highest BCUT2D eigenvalue weighted by Crippen LogP contribution is 2.35. The van der Waals surface area contributed by atoms with Crippen LogP contribution in [0.15, 0.2) is 107 Å². The maximum atomic E-state index is 14.2. The summed E-state index contributed by atoms with van der Waals surface area (Å²) in [6, 6.07) is 27.9. The summed E-state index contributed by atoms with van der Waals surface area (Å²) in [6.45, 7) is 2.63. The van der Waals surface area contributed by atoms with Crippen molar-refractivity contribution in [2.45, 2.75) is 44.1 Å². The van der Waals surface area contributed by atoms with Gasteiger partial charge in [-0.25, -0.2) is 9.40 Å². The molecule has 228 valence electrons. The highest BCUT2D eigenvalue weighted by molar-refractivity contribution is 7.99. The average molecular weight is 639 g/mol. The topological polar surface area (TPSA) is 92.5 Å². The van der Waals surface area contributed by atoms with Crippen molar-refractivity contribution in [2.75, 3.05) is 5.75 Å². The van der Waals surface area contributed by atoms with E-state index in [-0.39, 0.29) is 29.8 Å². The van der Waals surface area contributed by atoms with Crippen LogP contribution in [0.25, 0.3) is 0 Å². The van der Waals surface area contributed by atoms with E-state index in [9.17, 15) is 14.0 Å². The Morgan fingerprint density at radius 2 is 1.76 bits per heavy atom. The second-order valence-corrected chi connectivity index (χ2v) is 12.5. The molecule has 0 unspecified atom stereocenters. The molecule has 0 radical (unpaired) electrons. The molecule has 1 N–H and O–H groups in total. The van der Waals surface area contributed by atoms with E-state index in [1.807, 2.05) is 59.3 Å². The van der Waals surface area contributed by atoms with Gasteiger partial charge in [-0.05, 0) is 48.1 Å². The summed E-state index contributed by atoms with van der Waals surface area (Å²) < 4.78 is 16.1. The highest BCUT2D eigenvalue weighted by atomic mass is 32.2. The summed E-state index contributed by atoms with van der Waals surface area (Å²) in [5.41, 5.74) is 4.18. The predicted octanol–water partition coefficient (Wildman–Crippen LogP) is 6.43. The SMILES string of the molecule is Cc1ccc([C@@H]2CC(c3cccs3)=NN2C(=O)CSc2nnc(CNC(=O)c3ccccc3F)n2CCc2ccccc2)cc1. The molecule has 0 aliphatic carbocycles. The number of rotatable bonds is 11. The number of carbonyl (C=O) groups excluding carboxylic acids is 2. The molecule has 1 atom stereocenters. The number of benzene rings is 3. The van der Waals surface area contributed by atoms with Gasteiger partial charge in [0, 0.05) is 13.0 Å². The average Bonchev–Trinajstić information content (AvgIpc) is 3.83. The summed E-state index contributed by atoms with van der Waals surface area (Å²) in [6.07, 6.45) is 1.34. The van der Waals surface area contributed by atoms with Gasteiger partial charge in [0.1, 0.15) is 5.82 Å². The number of amides is 2. The third-order valence-corrected chi connectivity index (χ3v) is 9.41. The van der Waals surface area contributed by atoms with Gasteiger partial charge < -0.3 is 9.88 Å². The van der Waals surface area contributed by atoms with E-state index >= 15 is 0 Å². The normalized spacial score (nSPS) is 14.4. The molecule has 0 saturated heterocycles. The molecule has 3 heterocycles. The molecule has 5 aromatic rings. The van der Waals surface area contributed by atoms with Crippen molar-refractivity contribution in [3.8, 4) is 0 Å². The second kappa shape index (κ2) is 14.0. The van der Waals surface area contributed by atoms with E-state index in [1.165, 1.54) is 30.0 Å². The second-order valence-electron chi connectivity index (χ2n) is 10.6. The molecule has 1 aliphatic rings. The van der Waals surface area contributed by atoms with Gasteiger partial charge in [-0.2, -0.15) is 5.10 Å². The van der Waals surface area contributed by atoms with Crippen LogP contribution in [0.1, 0.15) is 50.2 Å². The third kappa shape index (κ3) is 7.21. The standard InChI is InChI=1S/C34H31FN6O2S2/c1-23-13-15-25(16-14-23)29-20-28(30-12-7-19-44-30)39-41(29)32(42)22-45-34-38-37-31(40(34)18-17-24-8-3-2-4-9-24)21-36-33(43)26-10-5-6-11-27(26)35/h2-16,19,29H,17-18,20-22H2,1H3,(H,36,43)/t29-/m0/s1. The van der Waals surface area contributed by atoms with E-state index < -0.39 is 11.7 Å². The molecule has 1 aliphatic heterocycles. The number of nitrogens with one attached hydrogen (secondary N) is 1. The molecule has 0 saturated carbocycles. The number of aromatic nitrogens is 3. The fourth-order valence-electron chi connectivity index (χ4n) is 5.14. The molecule has 0 spiro atoms.